The largest absolute Gasteiger partial charge is 0.495 e. The fraction of sp³-hybridized carbons (Fsp3) is 0.148. The fourth-order valence-corrected chi connectivity index (χ4v) is 4.90. The van der Waals surface area contributed by atoms with Crippen LogP contribution >= 0.6 is 23.8 Å². The molecule has 1 fully saturated rings. The van der Waals surface area contributed by atoms with Gasteiger partial charge < -0.3 is 9.64 Å². The molecule has 176 valence electrons. The van der Waals surface area contributed by atoms with E-state index in [9.17, 15) is 9.59 Å². The number of hydrogen-bond donors (Lipinski definition) is 1. The van der Waals surface area contributed by atoms with E-state index < -0.39 is 11.8 Å². The second kappa shape index (κ2) is 9.52. The summed E-state index contributed by atoms with van der Waals surface area (Å²) in [6.45, 7) is 1.59. The number of hydrogen-bond acceptors (Lipinski definition) is 5. The first-order chi connectivity index (χ1) is 17.0. The number of halogens is 1. The van der Waals surface area contributed by atoms with Gasteiger partial charge in [0.05, 0.1) is 12.8 Å². The predicted octanol–water partition coefficient (Wildman–Crippen LogP) is 4.74. The molecule has 5 rings (SSSR count). The number of carbonyl (C=O) groups excluding carboxylic acids is 2. The predicted molar refractivity (Wildman–Crippen MR) is 142 cm³/mol. The van der Waals surface area contributed by atoms with E-state index in [1.54, 1.807) is 30.3 Å². The van der Waals surface area contributed by atoms with Gasteiger partial charge in [0.25, 0.3) is 11.8 Å². The highest BCUT2D eigenvalue weighted by molar-refractivity contribution is 7.80. The maximum atomic E-state index is 13.4. The lowest BCUT2D eigenvalue weighted by molar-refractivity contribution is -0.122. The van der Waals surface area contributed by atoms with E-state index in [0.29, 0.717) is 11.4 Å². The first-order valence-corrected chi connectivity index (χ1v) is 11.9. The molecule has 3 aromatic rings. The number of amides is 2. The quantitative estimate of drug-likeness (QED) is 0.309. The van der Waals surface area contributed by atoms with Crippen molar-refractivity contribution in [3.8, 4) is 5.75 Å². The molecule has 0 saturated carbocycles. The summed E-state index contributed by atoms with van der Waals surface area (Å²) in [6, 6.07) is 20.8. The van der Waals surface area contributed by atoms with Gasteiger partial charge >= 0.3 is 0 Å². The van der Waals surface area contributed by atoms with Gasteiger partial charge in [-0.1, -0.05) is 48.0 Å². The normalized spacial score (nSPS) is 16.5. The minimum atomic E-state index is -0.521. The zero-order valence-corrected chi connectivity index (χ0v) is 20.5. The second-order valence-electron chi connectivity index (χ2n) is 8.28. The molecule has 0 atom stereocenters. The van der Waals surface area contributed by atoms with Gasteiger partial charge in [-0.25, -0.2) is 4.90 Å². The van der Waals surface area contributed by atoms with Crippen LogP contribution in [0.3, 0.4) is 0 Å². The summed E-state index contributed by atoms with van der Waals surface area (Å²) in [4.78, 5) is 29.7. The topological polar surface area (TPSA) is 61.9 Å². The summed E-state index contributed by atoms with van der Waals surface area (Å²) in [7, 11) is 1.52. The van der Waals surface area contributed by atoms with Crippen LogP contribution in [-0.2, 0) is 22.6 Å². The molecular weight excluding hydrogens is 482 g/mol. The van der Waals surface area contributed by atoms with Gasteiger partial charge in [0.1, 0.15) is 11.3 Å². The second-order valence-corrected chi connectivity index (χ2v) is 9.07. The van der Waals surface area contributed by atoms with Crippen LogP contribution in [0.15, 0.2) is 72.3 Å². The van der Waals surface area contributed by atoms with Crippen LogP contribution in [-0.4, -0.2) is 30.6 Å². The van der Waals surface area contributed by atoms with Gasteiger partial charge in [0.2, 0.25) is 0 Å². The summed E-state index contributed by atoms with van der Waals surface area (Å²) in [5, 5.41) is 3.40. The van der Waals surface area contributed by atoms with Crippen molar-refractivity contribution in [1.29, 1.82) is 0 Å². The van der Waals surface area contributed by atoms with Crippen LogP contribution in [0.4, 0.5) is 11.4 Å². The first-order valence-electron chi connectivity index (χ1n) is 11.1. The first kappa shape index (κ1) is 23.1. The number of rotatable bonds is 5. The number of carbonyl (C=O) groups is 2. The molecule has 1 N–H and O–H groups in total. The molecule has 6 nitrogen and oxygen atoms in total. The lowest BCUT2D eigenvalue weighted by atomic mass is 10.0. The van der Waals surface area contributed by atoms with Gasteiger partial charge in [-0.15, -0.1) is 0 Å². The molecule has 2 aliphatic rings. The molecule has 3 aromatic carbocycles. The molecule has 0 unspecified atom stereocenters. The van der Waals surface area contributed by atoms with Crippen molar-refractivity contribution in [2.24, 2.45) is 0 Å². The minimum Gasteiger partial charge on any atom is -0.495 e. The highest BCUT2D eigenvalue weighted by Gasteiger charge is 2.35. The number of methoxy groups -OCH3 is 1. The molecule has 35 heavy (non-hydrogen) atoms. The number of para-hydroxylation sites is 2. The molecule has 0 aliphatic carbocycles. The number of ether oxygens (including phenoxy) is 1. The fourth-order valence-electron chi connectivity index (χ4n) is 4.43. The Kier molecular flexibility index (Phi) is 6.28. The van der Waals surface area contributed by atoms with Crippen LogP contribution in [0.25, 0.3) is 6.08 Å². The molecule has 2 aliphatic heterocycles. The number of fused-ring (bicyclic) bond motifs is 1. The number of nitrogens with zero attached hydrogens (tertiary/aromatic N) is 2. The lowest BCUT2D eigenvalue weighted by Crippen LogP contribution is -2.54. The molecule has 0 spiro atoms. The molecule has 2 heterocycles. The zero-order valence-electron chi connectivity index (χ0n) is 19.0. The maximum absolute atomic E-state index is 13.4. The van der Waals surface area contributed by atoms with Crippen molar-refractivity contribution in [2.75, 3.05) is 23.5 Å². The Morgan fingerprint density at radius 3 is 2.63 bits per heavy atom. The number of benzene rings is 3. The smallest absolute Gasteiger partial charge is 0.270 e. The standard InChI is InChI=1S/C27H22ClN3O3S/c1-34-24-9-5-4-8-23(24)31-26(33)20(25(32)29-27(31)35)15-17-10-11-22-18(14-17)12-13-30(22)16-19-6-2-3-7-21(19)28/h2-11,14-15H,12-13,16H2,1H3,(H,29,32,35)/b20-15+. The summed E-state index contributed by atoms with van der Waals surface area (Å²) in [5.74, 6) is -0.536. The van der Waals surface area contributed by atoms with Crippen molar-refractivity contribution in [2.45, 2.75) is 13.0 Å². The van der Waals surface area contributed by atoms with Crippen molar-refractivity contribution in [1.82, 2.24) is 5.32 Å². The molecule has 0 bridgehead atoms. The third-order valence-electron chi connectivity index (χ3n) is 6.15. The summed E-state index contributed by atoms with van der Waals surface area (Å²) >= 11 is 11.7. The van der Waals surface area contributed by atoms with E-state index in [0.717, 1.165) is 46.9 Å². The van der Waals surface area contributed by atoms with Crippen LogP contribution in [0, 0.1) is 0 Å². The third kappa shape index (κ3) is 4.40. The highest BCUT2D eigenvalue weighted by atomic mass is 35.5. The Hall–Kier alpha value is -3.68. The van der Waals surface area contributed by atoms with Crippen molar-refractivity contribution < 1.29 is 14.3 Å². The van der Waals surface area contributed by atoms with Gasteiger partial charge in [0, 0.05) is 23.8 Å². The number of thiocarbonyl (C=S) groups is 1. The van der Waals surface area contributed by atoms with Gasteiger partial charge in [0.15, 0.2) is 5.11 Å². The van der Waals surface area contributed by atoms with Gasteiger partial charge in [-0.3, -0.25) is 14.9 Å². The Morgan fingerprint density at radius 1 is 1.06 bits per heavy atom. The van der Waals surface area contributed by atoms with Crippen molar-refractivity contribution >= 4 is 58.2 Å². The zero-order chi connectivity index (χ0) is 24.5. The SMILES string of the molecule is COc1ccccc1N1C(=O)/C(=C/c2ccc3c(c2)CCN3Cc2ccccc2Cl)C(=O)NC1=S. The van der Waals surface area contributed by atoms with Crippen LogP contribution in [0.5, 0.6) is 5.75 Å². The Bertz CT molecular complexity index is 1390. The maximum Gasteiger partial charge on any atom is 0.270 e. The summed E-state index contributed by atoms with van der Waals surface area (Å²) in [6.07, 6.45) is 2.48. The van der Waals surface area contributed by atoms with E-state index in [1.165, 1.54) is 12.0 Å². The molecule has 8 heteroatoms. The Balaban J connectivity index is 1.43. The highest BCUT2D eigenvalue weighted by Crippen LogP contribution is 2.33. The average Bonchev–Trinajstić information content (AvgIpc) is 3.25. The van der Waals surface area contributed by atoms with E-state index in [-0.39, 0.29) is 10.7 Å². The molecular formula is C27H22ClN3O3S. The number of anilines is 2. The van der Waals surface area contributed by atoms with E-state index in [4.69, 9.17) is 28.6 Å². The Morgan fingerprint density at radius 2 is 1.83 bits per heavy atom. The molecule has 0 aromatic heterocycles. The van der Waals surface area contributed by atoms with Crippen molar-refractivity contribution in [3.63, 3.8) is 0 Å². The van der Waals surface area contributed by atoms with Crippen molar-refractivity contribution in [3.05, 3.63) is 94.0 Å². The lowest BCUT2D eigenvalue weighted by Gasteiger charge is -2.29. The monoisotopic (exact) mass is 503 g/mol. The van der Waals surface area contributed by atoms with Gasteiger partial charge in [-0.2, -0.15) is 0 Å². The molecule has 0 radical (unpaired) electrons. The van der Waals surface area contributed by atoms with E-state index in [1.807, 2.05) is 42.5 Å². The van der Waals surface area contributed by atoms with E-state index >= 15 is 0 Å². The number of nitrogens with one attached hydrogen (secondary N) is 1. The van der Waals surface area contributed by atoms with Gasteiger partial charge in [-0.05, 0) is 71.7 Å². The average molecular weight is 504 g/mol. The third-order valence-corrected chi connectivity index (χ3v) is 6.81. The molecule has 1 saturated heterocycles. The summed E-state index contributed by atoms with van der Waals surface area (Å²) in [5.41, 5.74) is 4.62. The van der Waals surface area contributed by atoms with Crippen LogP contribution in [0.1, 0.15) is 16.7 Å². The van der Waals surface area contributed by atoms with Crippen LogP contribution < -0.4 is 19.9 Å². The Labute approximate surface area is 213 Å². The van der Waals surface area contributed by atoms with E-state index in [2.05, 4.69) is 10.2 Å². The minimum absolute atomic E-state index is 0.00961. The molecule has 2 amide bonds. The summed E-state index contributed by atoms with van der Waals surface area (Å²) < 4.78 is 5.39. The van der Waals surface area contributed by atoms with Crippen LogP contribution in [0.2, 0.25) is 5.02 Å².